The van der Waals surface area contributed by atoms with Crippen LogP contribution in [0, 0.1) is 0 Å². The first-order chi connectivity index (χ1) is 10.3. The third kappa shape index (κ3) is 4.37. The van der Waals surface area contributed by atoms with Crippen LogP contribution < -0.4 is 10.5 Å². The summed E-state index contributed by atoms with van der Waals surface area (Å²) >= 11 is 5.85. The second-order valence-corrected chi connectivity index (χ2v) is 5.08. The van der Waals surface area contributed by atoms with E-state index in [4.69, 9.17) is 17.3 Å². The number of aliphatic hydroxyl groups excluding tert-OH is 1. The molecule has 0 spiro atoms. The summed E-state index contributed by atoms with van der Waals surface area (Å²) in [6.07, 6.45) is -5.78. The fourth-order valence-electron chi connectivity index (χ4n) is 1.97. The summed E-state index contributed by atoms with van der Waals surface area (Å²) in [4.78, 5) is 0. The Bertz CT molecular complexity index is 631. The molecule has 0 fully saturated rings. The standard InChI is InChI=1S/C15H13ClF3NO2/c16-11-3-1-2-10(8-11)14(21)13(20)9-4-6-12(7-5-9)22-15(17,18)19/h1-8,13-14,21H,20H2/t13-,14?/m1/s1. The first-order valence-electron chi connectivity index (χ1n) is 6.31. The van der Waals surface area contributed by atoms with Gasteiger partial charge in [0.05, 0.1) is 12.1 Å². The molecule has 0 aliphatic rings. The van der Waals surface area contributed by atoms with Gasteiger partial charge in [0.25, 0.3) is 0 Å². The van der Waals surface area contributed by atoms with Crippen LogP contribution in [-0.2, 0) is 0 Å². The van der Waals surface area contributed by atoms with Crippen molar-refractivity contribution in [3.05, 3.63) is 64.7 Å². The summed E-state index contributed by atoms with van der Waals surface area (Å²) < 4.78 is 40.0. The molecule has 2 rings (SSSR count). The fourth-order valence-corrected chi connectivity index (χ4v) is 2.17. The van der Waals surface area contributed by atoms with Gasteiger partial charge in [0.2, 0.25) is 0 Å². The molecule has 0 saturated carbocycles. The van der Waals surface area contributed by atoms with Crippen LogP contribution in [0.1, 0.15) is 23.3 Å². The third-order valence-electron chi connectivity index (χ3n) is 3.03. The molecule has 0 saturated heterocycles. The highest BCUT2D eigenvalue weighted by Gasteiger charge is 2.31. The number of nitrogens with two attached hydrogens (primary N) is 1. The van der Waals surface area contributed by atoms with Gasteiger partial charge in [-0.3, -0.25) is 0 Å². The van der Waals surface area contributed by atoms with E-state index in [1.54, 1.807) is 24.3 Å². The number of ether oxygens (including phenoxy) is 1. The van der Waals surface area contributed by atoms with Gasteiger partial charge in [-0.1, -0.05) is 35.9 Å². The highest BCUT2D eigenvalue weighted by molar-refractivity contribution is 6.30. The van der Waals surface area contributed by atoms with E-state index in [1.165, 1.54) is 12.1 Å². The summed E-state index contributed by atoms with van der Waals surface area (Å²) in [5.74, 6) is -0.347. The molecule has 0 aliphatic carbocycles. The lowest BCUT2D eigenvalue weighted by atomic mass is 9.96. The number of alkyl halides is 3. The highest BCUT2D eigenvalue weighted by Crippen LogP contribution is 2.30. The number of hydrogen-bond donors (Lipinski definition) is 2. The average Bonchev–Trinajstić information content (AvgIpc) is 2.45. The van der Waals surface area contributed by atoms with E-state index in [2.05, 4.69) is 4.74 Å². The minimum Gasteiger partial charge on any atom is -0.406 e. The van der Waals surface area contributed by atoms with E-state index in [0.29, 0.717) is 16.1 Å². The highest BCUT2D eigenvalue weighted by atomic mass is 35.5. The van der Waals surface area contributed by atoms with Crippen LogP contribution in [-0.4, -0.2) is 11.5 Å². The van der Waals surface area contributed by atoms with E-state index in [9.17, 15) is 18.3 Å². The van der Waals surface area contributed by atoms with Gasteiger partial charge in [0, 0.05) is 5.02 Å². The molecule has 118 valence electrons. The molecule has 7 heteroatoms. The quantitative estimate of drug-likeness (QED) is 0.891. The van der Waals surface area contributed by atoms with Crippen molar-refractivity contribution < 1.29 is 23.0 Å². The topological polar surface area (TPSA) is 55.5 Å². The van der Waals surface area contributed by atoms with E-state index in [1.807, 2.05) is 0 Å². The maximum atomic E-state index is 12.1. The van der Waals surface area contributed by atoms with Crippen LogP contribution in [0.15, 0.2) is 48.5 Å². The maximum absolute atomic E-state index is 12.1. The largest absolute Gasteiger partial charge is 0.573 e. The van der Waals surface area contributed by atoms with Crippen LogP contribution in [0.4, 0.5) is 13.2 Å². The summed E-state index contributed by atoms with van der Waals surface area (Å²) in [5, 5.41) is 10.7. The summed E-state index contributed by atoms with van der Waals surface area (Å²) in [7, 11) is 0. The number of aliphatic hydroxyl groups is 1. The van der Waals surface area contributed by atoms with Crippen LogP contribution in [0.5, 0.6) is 5.75 Å². The fraction of sp³-hybridized carbons (Fsp3) is 0.200. The van der Waals surface area contributed by atoms with Crippen LogP contribution in [0.25, 0.3) is 0 Å². The molecule has 3 N–H and O–H groups in total. The minimum absolute atomic E-state index is 0.347. The molecule has 2 aromatic rings. The first-order valence-corrected chi connectivity index (χ1v) is 6.69. The third-order valence-corrected chi connectivity index (χ3v) is 3.26. The zero-order chi connectivity index (χ0) is 16.3. The van der Waals surface area contributed by atoms with Crippen molar-refractivity contribution in [2.24, 2.45) is 5.73 Å². The summed E-state index contributed by atoms with van der Waals surface area (Å²) in [6, 6.07) is 10.8. The molecule has 0 aliphatic heterocycles. The molecule has 0 bridgehead atoms. The molecular weight excluding hydrogens is 319 g/mol. The predicted molar refractivity (Wildman–Crippen MR) is 76.5 cm³/mol. The molecule has 0 aromatic heterocycles. The SMILES string of the molecule is N[C@H](c1ccc(OC(F)(F)F)cc1)C(O)c1cccc(Cl)c1. The Hall–Kier alpha value is -1.76. The molecule has 1 unspecified atom stereocenters. The molecule has 0 radical (unpaired) electrons. The van der Waals surface area contributed by atoms with Gasteiger partial charge in [-0.05, 0) is 35.4 Å². The summed E-state index contributed by atoms with van der Waals surface area (Å²) in [5.41, 5.74) is 6.94. The normalized spacial score (nSPS) is 14.5. The Balaban J connectivity index is 2.14. The molecule has 0 heterocycles. The van der Waals surface area contributed by atoms with Gasteiger partial charge in [0.1, 0.15) is 5.75 Å². The molecule has 2 aromatic carbocycles. The second-order valence-electron chi connectivity index (χ2n) is 4.64. The smallest absolute Gasteiger partial charge is 0.406 e. The van der Waals surface area contributed by atoms with Gasteiger partial charge in [-0.25, -0.2) is 0 Å². The van der Waals surface area contributed by atoms with Crippen molar-refractivity contribution in [2.45, 2.75) is 18.5 Å². The Morgan fingerprint density at radius 1 is 1.05 bits per heavy atom. The predicted octanol–water partition coefficient (Wildman–Crippen LogP) is 3.97. The van der Waals surface area contributed by atoms with Crippen molar-refractivity contribution in [2.75, 3.05) is 0 Å². The Kier molecular flexibility index (Phi) is 4.95. The van der Waals surface area contributed by atoms with E-state index in [-0.39, 0.29) is 5.75 Å². The molecule has 0 amide bonds. The van der Waals surface area contributed by atoms with E-state index >= 15 is 0 Å². The van der Waals surface area contributed by atoms with E-state index < -0.39 is 18.5 Å². The number of halogens is 4. The minimum atomic E-state index is -4.75. The molecular formula is C15H13ClF3NO2. The van der Waals surface area contributed by atoms with Gasteiger partial charge < -0.3 is 15.6 Å². The average molecular weight is 332 g/mol. The number of hydrogen-bond acceptors (Lipinski definition) is 3. The van der Waals surface area contributed by atoms with Crippen molar-refractivity contribution in [3.63, 3.8) is 0 Å². The van der Waals surface area contributed by atoms with Crippen molar-refractivity contribution >= 4 is 11.6 Å². The first kappa shape index (κ1) is 16.6. The van der Waals surface area contributed by atoms with Crippen LogP contribution >= 0.6 is 11.6 Å². The lowest BCUT2D eigenvalue weighted by Crippen LogP contribution is -2.20. The van der Waals surface area contributed by atoms with Gasteiger partial charge >= 0.3 is 6.36 Å². The van der Waals surface area contributed by atoms with Crippen molar-refractivity contribution in [1.29, 1.82) is 0 Å². The molecule has 22 heavy (non-hydrogen) atoms. The summed E-state index contributed by atoms with van der Waals surface area (Å²) in [6.45, 7) is 0. The maximum Gasteiger partial charge on any atom is 0.573 e. The zero-order valence-corrected chi connectivity index (χ0v) is 12.0. The number of benzene rings is 2. The van der Waals surface area contributed by atoms with Gasteiger partial charge in [0.15, 0.2) is 0 Å². The van der Waals surface area contributed by atoms with Crippen LogP contribution in [0.2, 0.25) is 5.02 Å². The lowest BCUT2D eigenvalue weighted by molar-refractivity contribution is -0.274. The second kappa shape index (κ2) is 6.56. The molecule has 3 nitrogen and oxygen atoms in total. The van der Waals surface area contributed by atoms with E-state index in [0.717, 1.165) is 12.1 Å². The molecule has 2 atom stereocenters. The van der Waals surface area contributed by atoms with Gasteiger partial charge in [-0.2, -0.15) is 0 Å². The Morgan fingerprint density at radius 2 is 1.68 bits per heavy atom. The van der Waals surface area contributed by atoms with Crippen LogP contribution in [0.3, 0.4) is 0 Å². The number of rotatable bonds is 4. The monoisotopic (exact) mass is 331 g/mol. The van der Waals surface area contributed by atoms with Gasteiger partial charge in [-0.15, -0.1) is 13.2 Å². The lowest BCUT2D eigenvalue weighted by Gasteiger charge is -2.20. The zero-order valence-electron chi connectivity index (χ0n) is 11.2. The van der Waals surface area contributed by atoms with Crippen molar-refractivity contribution in [3.8, 4) is 5.75 Å². The Morgan fingerprint density at radius 3 is 2.23 bits per heavy atom. The van der Waals surface area contributed by atoms with Crippen molar-refractivity contribution in [1.82, 2.24) is 0 Å². The Labute approximate surface area is 130 Å².